The van der Waals surface area contributed by atoms with E-state index in [1.54, 1.807) is 22.5 Å². The first-order chi connectivity index (χ1) is 13.6. The Balaban J connectivity index is 1.79. The van der Waals surface area contributed by atoms with E-state index in [0.717, 1.165) is 40.0 Å². The van der Waals surface area contributed by atoms with Gasteiger partial charge in [0.05, 0.1) is 16.3 Å². The highest BCUT2D eigenvalue weighted by atomic mass is 32.2. The van der Waals surface area contributed by atoms with Crippen molar-refractivity contribution in [2.45, 2.75) is 11.8 Å². The van der Waals surface area contributed by atoms with E-state index in [1.165, 1.54) is 4.90 Å². The van der Waals surface area contributed by atoms with Crippen LogP contribution in [0.3, 0.4) is 0 Å². The number of carbonyl (C=O) groups excluding carboxylic acids is 2. The first-order valence-electron chi connectivity index (χ1n) is 8.77. The van der Waals surface area contributed by atoms with Crippen molar-refractivity contribution < 1.29 is 9.59 Å². The molecule has 4 rings (SSSR count). The van der Waals surface area contributed by atoms with E-state index in [9.17, 15) is 9.59 Å². The van der Waals surface area contributed by atoms with Crippen molar-refractivity contribution in [3.8, 4) is 16.9 Å². The maximum Gasteiger partial charge on any atom is 0.290 e. The van der Waals surface area contributed by atoms with Gasteiger partial charge < -0.3 is 0 Å². The average Bonchev–Trinajstić information content (AvgIpc) is 3.26. The maximum atomic E-state index is 12.0. The minimum Gasteiger partial charge on any atom is -0.282 e. The summed E-state index contributed by atoms with van der Waals surface area (Å²) in [6, 6.07) is 18.0. The first kappa shape index (κ1) is 18.6. The molecule has 1 fully saturated rings. The van der Waals surface area contributed by atoms with Gasteiger partial charge in [-0.05, 0) is 47.9 Å². The van der Waals surface area contributed by atoms with Gasteiger partial charge >= 0.3 is 0 Å². The van der Waals surface area contributed by atoms with Crippen molar-refractivity contribution >= 4 is 40.7 Å². The number of aromatic nitrogens is 2. The van der Waals surface area contributed by atoms with E-state index in [0.29, 0.717) is 4.91 Å². The molecule has 0 atom stereocenters. The molecule has 28 heavy (non-hydrogen) atoms. The molecule has 1 saturated heterocycles. The summed E-state index contributed by atoms with van der Waals surface area (Å²) < 4.78 is 1.79. The van der Waals surface area contributed by atoms with Gasteiger partial charge in [0.1, 0.15) is 0 Å². The molecule has 2 aromatic carbocycles. The zero-order valence-corrected chi connectivity index (χ0v) is 16.7. The second-order valence-electron chi connectivity index (χ2n) is 6.02. The van der Waals surface area contributed by atoms with E-state index in [-0.39, 0.29) is 11.1 Å². The molecule has 0 bridgehead atoms. The fourth-order valence-corrected chi connectivity index (χ4v) is 4.20. The Bertz CT molecular complexity index is 1060. The summed E-state index contributed by atoms with van der Waals surface area (Å²) in [7, 11) is 0. The number of thioether (sulfide) groups is 2. The molecule has 0 unspecified atom stereocenters. The van der Waals surface area contributed by atoms with Crippen LogP contribution in [-0.2, 0) is 4.79 Å². The monoisotopic (exact) mass is 407 g/mol. The number of hydrogen-bond acceptors (Lipinski definition) is 5. The van der Waals surface area contributed by atoms with Crippen molar-refractivity contribution in [3.05, 3.63) is 71.3 Å². The molecule has 0 saturated carbocycles. The third-order valence-corrected chi connectivity index (χ3v) is 5.84. The summed E-state index contributed by atoms with van der Waals surface area (Å²) in [6.45, 7) is 2.12. The number of imide groups is 1. The van der Waals surface area contributed by atoms with Crippen LogP contribution in [0.25, 0.3) is 23.0 Å². The molecular weight excluding hydrogens is 390 g/mol. The molecule has 3 aromatic rings. The van der Waals surface area contributed by atoms with Crippen molar-refractivity contribution in [2.24, 2.45) is 0 Å². The van der Waals surface area contributed by atoms with Crippen LogP contribution < -0.4 is 5.32 Å². The van der Waals surface area contributed by atoms with E-state index >= 15 is 0 Å². The normalized spacial score (nSPS) is 15.2. The van der Waals surface area contributed by atoms with Crippen molar-refractivity contribution in [3.63, 3.8) is 0 Å². The molecule has 0 aliphatic carbocycles. The second-order valence-corrected chi connectivity index (χ2v) is 8.37. The van der Waals surface area contributed by atoms with Crippen molar-refractivity contribution in [1.82, 2.24) is 15.1 Å². The molecular formula is C21H17N3O2S2. The molecule has 0 spiro atoms. The largest absolute Gasteiger partial charge is 0.290 e. The topological polar surface area (TPSA) is 64.0 Å². The number of benzene rings is 2. The van der Waals surface area contributed by atoms with Crippen LogP contribution in [-0.4, -0.2) is 26.7 Å². The molecule has 2 amide bonds. The van der Waals surface area contributed by atoms with E-state index in [2.05, 4.69) is 24.4 Å². The Hall–Kier alpha value is -2.77. The Morgan fingerprint density at radius 1 is 1.11 bits per heavy atom. The van der Waals surface area contributed by atoms with E-state index in [1.807, 2.05) is 48.7 Å². The summed E-state index contributed by atoms with van der Waals surface area (Å²) >= 11 is 2.69. The predicted octanol–water partition coefficient (Wildman–Crippen LogP) is 4.98. The first-order valence-corrected chi connectivity index (χ1v) is 10.6. The lowest BCUT2D eigenvalue weighted by Crippen LogP contribution is -2.17. The Morgan fingerprint density at radius 3 is 2.50 bits per heavy atom. The van der Waals surface area contributed by atoms with Crippen LogP contribution >= 0.6 is 23.5 Å². The predicted molar refractivity (Wildman–Crippen MR) is 115 cm³/mol. The van der Waals surface area contributed by atoms with Crippen LogP contribution in [0.2, 0.25) is 0 Å². The minimum atomic E-state index is -0.372. The molecule has 7 heteroatoms. The van der Waals surface area contributed by atoms with Crippen molar-refractivity contribution in [2.75, 3.05) is 5.75 Å². The van der Waals surface area contributed by atoms with Crippen LogP contribution in [0, 0.1) is 0 Å². The number of hydrogen-bond donors (Lipinski definition) is 1. The number of nitrogens with one attached hydrogen (secondary N) is 1. The Kier molecular flexibility index (Phi) is 5.36. The van der Waals surface area contributed by atoms with Gasteiger partial charge in [0.15, 0.2) is 0 Å². The molecule has 5 nitrogen and oxygen atoms in total. The standard InChI is InChI=1S/C21H17N3O2S2/c1-2-27-17-10-8-14(9-11-17)19-15(12-18-20(25)22-21(26)28-18)13-24(23-19)16-6-4-3-5-7-16/h3-13H,2H2,1H3,(H,22,25,26)/b18-12-. The van der Waals surface area contributed by atoms with E-state index < -0.39 is 0 Å². The fraction of sp³-hybridized carbons (Fsp3) is 0.0952. The highest BCUT2D eigenvalue weighted by Crippen LogP contribution is 2.31. The van der Waals surface area contributed by atoms with Crippen LogP contribution in [0.15, 0.2) is 70.6 Å². The lowest BCUT2D eigenvalue weighted by Gasteiger charge is -2.03. The zero-order valence-electron chi connectivity index (χ0n) is 15.1. The third kappa shape index (κ3) is 3.90. The van der Waals surface area contributed by atoms with Gasteiger partial charge in [0, 0.05) is 22.2 Å². The molecule has 2 heterocycles. The molecule has 1 aliphatic heterocycles. The lowest BCUT2D eigenvalue weighted by atomic mass is 10.1. The number of nitrogens with zero attached hydrogens (tertiary/aromatic N) is 2. The SMILES string of the molecule is CCSc1ccc(-c2nn(-c3ccccc3)cc2/C=C2\SC(=O)NC2=O)cc1. The van der Waals surface area contributed by atoms with Gasteiger partial charge in [-0.2, -0.15) is 5.10 Å². The Morgan fingerprint density at radius 2 is 1.86 bits per heavy atom. The minimum absolute atomic E-state index is 0.353. The van der Waals surface area contributed by atoms with Gasteiger partial charge in [-0.15, -0.1) is 11.8 Å². The van der Waals surface area contributed by atoms with Gasteiger partial charge in [-0.25, -0.2) is 4.68 Å². The van der Waals surface area contributed by atoms with Gasteiger partial charge in [0.2, 0.25) is 0 Å². The maximum absolute atomic E-state index is 12.0. The van der Waals surface area contributed by atoms with Gasteiger partial charge in [-0.1, -0.05) is 37.3 Å². The molecule has 140 valence electrons. The zero-order chi connectivity index (χ0) is 19.5. The molecule has 1 N–H and O–H groups in total. The van der Waals surface area contributed by atoms with Gasteiger partial charge in [0.25, 0.3) is 11.1 Å². The van der Waals surface area contributed by atoms with Crippen LogP contribution in [0.1, 0.15) is 12.5 Å². The lowest BCUT2D eigenvalue weighted by molar-refractivity contribution is -0.115. The summed E-state index contributed by atoms with van der Waals surface area (Å²) in [5.41, 5.74) is 3.42. The third-order valence-electron chi connectivity index (χ3n) is 4.13. The summed E-state index contributed by atoms with van der Waals surface area (Å²) in [5.74, 6) is 0.641. The molecule has 1 aromatic heterocycles. The fourth-order valence-electron chi connectivity index (χ4n) is 2.87. The number of rotatable bonds is 5. The van der Waals surface area contributed by atoms with Crippen LogP contribution in [0.4, 0.5) is 4.79 Å². The summed E-state index contributed by atoms with van der Waals surface area (Å²) in [5, 5.41) is 6.69. The van der Waals surface area contributed by atoms with E-state index in [4.69, 9.17) is 5.10 Å². The summed E-state index contributed by atoms with van der Waals surface area (Å²) in [6.07, 6.45) is 3.60. The molecule has 0 radical (unpaired) electrons. The number of para-hydroxylation sites is 1. The Labute approximate surface area is 171 Å². The number of carbonyl (C=O) groups is 2. The average molecular weight is 408 g/mol. The quantitative estimate of drug-likeness (QED) is 0.478. The number of amides is 2. The smallest absolute Gasteiger partial charge is 0.282 e. The van der Waals surface area contributed by atoms with Crippen molar-refractivity contribution in [1.29, 1.82) is 0 Å². The highest BCUT2D eigenvalue weighted by Gasteiger charge is 2.26. The van der Waals surface area contributed by atoms with Crippen LogP contribution in [0.5, 0.6) is 0 Å². The molecule has 1 aliphatic rings. The van der Waals surface area contributed by atoms with Gasteiger partial charge in [-0.3, -0.25) is 14.9 Å². The summed E-state index contributed by atoms with van der Waals surface area (Å²) in [4.78, 5) is 25.1. The highest BCUT2D eigenvalue weighted by molar-refractivity contribution is 8.18. The second kappa shape index (κ2) is 8.08.